The van der Waals surface area contributed by atoms with Crippen molar-refractivity contribution < 1.29 is 17.6 Å². The molecule has 0 radical (unpaired) electrons. The predicted octanol–water partition coefficient (Wildman–Crippen LogP) is 3.20. The van der Waals surface area contributed by atoms with Gasteiger partial charge in [-0.1, -0.05) is 15.9 Å². The second-order valence-electron chi connectivity index (χ2n) is 6.19. The van der Waals surface area contributed by atoms with Gasteiger partial charge in [-0.25, -0.2) is 17.6 Å². The van der Waals surface area contributed by atoms with Crippen LogP contribution in [0.15, 0.2) is 53.0 Å². The van der Waals surface area contributed by atoms with E-state index in [4.69, 9.17) is 0 Å². The number of fused-ring (bicyclic) bond motifs is 1. The van der Waals surface area contributed by atoms with Gasteiger partial charge in [-0.05, 0) is 48.5 Å². The van der Waals surface area contributed by atoms with Crippen molar-refractivity contribution in [3.8, 4) is 0 Å². The van der Waals surface area contributed by atoms with Crippen LogP contribution in [0.2, 0.25) is 0 Å². The van der Waals surface area contributed by atoms with E-state index in [0.717, 1.165) is 4.47 Å². The van der Waals surface area contributed by atoms with Crippen LogP contribution in [0.4, 0.5) is 20.6 Å². The summed E-state index contributed by atoms with van der Waals surface area (Å²) in [5, 5.41) is 0. The van der Waals surface area contributed by atoms with Crippen LogP contribution < -0.4 is 9.80 Å². The first-order chi connectivity index (χ1) is 11.9. The zero-order valence-electron chi connectivity index (χ0n) is 13.0. The van der Waals surface area contributed by atoms with Crippen molar-refractivity contribution in [2.45, 2.75) is 12.1 Å². The number of carbonyl (C=O) groups excluding carboxylic acids is 1. The molecule has 0 aromatic heterocycles. The average Bonchev–Trinajstić information content (AvgIpc) is 2.99. The number of sulfone groups is 1. The Labute approximate surface area is 153 Å². The fraction of sp³-hybridized carbons (Fsp3) is 0.235. The minimum atomic E-state index is -3.25. The molecular weight excluding hydrogens is 411 g/mol. The Balaban J connectivity index is 1.79. The van der Waals surface area contributed by atoms with Gasteiger partial charge in [0.25, 0.3) is 0 Å². The van der Waals surface area contributed by atoms with Crippen LogP contribution in [-0.4, -0.2) is 38.0 Å². The molecule has 2 aliphatic heterocycles. The van der Waals surface area contributed by atoms with Gasteiger partial charge in [-0.2, -0.15) is 0 Å². The molecule has 130 valence electrons. The highest BCUT2D eigenvalue weighted by Crippen LogP contribution is 2.38. The van der Waals surface area contributed by atoms with Crippen molar-refractivity contribution >= 4 is 43.2 Å². The molecule has 2 heterocycles. The molecule has 2 amide bonds. The van der Waals surface area contributed by atoms with Crippen molar-refractivity contribution in [2.24, 2.45) is 0 Å². The number of hydrogen-bond acceptors (Lipinski definition) is 3. The normalized spacial score (nSPS) is 24.6. The molecule has 4 rings (SSSR count). The van der Waals surface area contributed by atoms with Gasteiger partial charge in [-0.15, -0.1) is 0 Å². The first kappa shape index (κ1) is 16.5. The Kier molecular flexibility index (Phi) is 3.84. The van der Waals surface area contributed by atoms with Gasteiger partial charge in [0.15, 0.2) is 9.84 Å². The molecule has 2 saturated heterocycles. The van der Waals surface area contributed by atoms with E-state index in [0.29, 0.717) is 11.4 Å². The summed E-state index contributed by atoms with van der Waals surface area (Å²) in [6, 6.07) is 11.5. The fourth-order valence-electron chi connectivity index (χ4n) is 3.51. The Hall–Kier alpha value is -1.93. The number of amides is 2. The lowest BCUT2D eigenvalue weighted by molar-refractivity contribution is 0.255. The smallest absolute Gasteiger partial charge is 0.288 e. The van der Waals surface area contributed by atoms with Crippen molar-refractivity contribution in [1.29, 1.82) is 0 Å². The van der Waals surface area contributed by atoms with Gasteiger partial charge in [0.1, 0.15) is 5.82 Å². The number of rotatable bonds is 2. The van der Waals surface area contributed by atoms with E-state index in [1.807, 2.05) is 12.1 Å². The lowest BCUT2D eigenvalue weighted by Gasteiger charge is -2.22. The quantitative estimate of drug-likeness (QED) is 0.695. The molecule has 8 heteroatoms. The third-order valence-electron chi connectivity index (χ3n) is 4.58. The van der Waals surface area contributed by atoms with E-state index >= 15 is 0 Å². The third kappa shape index (κ3) is 2.83. The summed E-state index contributed by atoms with van der Waals surface area (Å²) in [4.78, 5) is 16.1. The lowest BCUT2D eigenvalue weighted by atomic mass is 10.1. The fourth-order valence-corrected chi connectivity index (χ4v) is 5.69. The zero-order valence-corrected chi connectivity index (χ0v) is 15.4. The summed E-state index contributed by atoms with van der Waals surface area (Å²) in [5.41, 5.74) is 1.14. The van der Waals surface area contributed by atoms with E-state index in [-0.39, 0.29) is 17.5 Å². The van der Waals surface area contributed by atoms with Crippen LogP contribution in [-0.2, 0) is 9.84 Å². The van der Waals surface area contributed by atoms with Gasteiger partial charge >= 0.3 is 6.03 Å². The van der Waals surface area contributed by atoms with Crippen molar-refractivity contribution in [2.75, 3.05) is 21.3 Å². The molecule has 25 heavy (non-hydrogen) atoms. The monoisotopic (exact) mass is 424 g/mol. The maximum absolute atomic E-state index is 13.2. The van der Waals surface area contributed by atoms with Crippen LogP contribution in [0, 0.1) is 5.82 Å². The first-order valence-electron chi connectivity index (χ1n) is 7.70. The van der Waals surface area contributed by atoms with Crippen LogP contribution >= 0.6 is 15.9 Å². The molecule has 2 atom stereocenters. The first-order valence-corrected chi connectivity index (χ1v) is 10.3. The minimum absolute atomic E-state index is 0.0723. The van der Waals surface area contributed by atoms with Gasteiger partial charge in [0.2, 0.25) is 0 Å². The summed E-state index contributed by atoms with van der Waals surface area (Å²) < 4.78 is 38.5. The number of hydrogen-bond donors (Lipinski definition) is 0. The van der Waals surface area contributed by atoms with Gasteiger partial charge < -0.3 is 0 Å². The molecule has 2 aromatic rings. The highest BCUT2D eigenvalue weighted by atomic mass is 79.9. The predicted molar refractivity (Wildman–Crippen MR) is 97.1 cm³/mol. The molecule has 5 nitrogen and oxygen atoms in total. The summed E-state index contributed by atoms with van der Waals surface area (Å²) >= 11 is 3.35. The SMILES string of the molecule is O=C1N(c2ccc(F)cc2)[C@H]2CS(=O)(=O)C[C@@H]2N1c1ccc(Br)cc1. The molecule has 0 N–H and O–H groups in total. The maximum Gasteiger partial charge on any atom is 0.329 e. The van der Waals surface area contributed by atoms with E-state index < -0.39 is 27.7 Å². The van der Waals surface area contributed by atoms with Crippen LogP contribution in [0.1, 0.15) is 0 Å². The van der Waals surface area contributed by atoms with E-state index in [2.05, 4.69) is 15.9 Å². The maximum atomic E-state index is 13.2. The number of anilines is 2. The number of halogens is 2. The Morgan fingerprint density at radius 1 is 0.880 bits per heavy atom. The molecule has 0 bridgehead atoms. The van der Waals surface area contributed by atoms with Crippen LogP contribution in [0.5, 0.6) is 0 Å². The standard InChI is InChI=1S/C17H14BrFN2O3S/c18-11-1-5-13(6-2-11)20-15-9-25(23,24)10-16(15)21(17(20)22)14-7-3-12(19)4-8-14/h1-8,15-16H,9-10H2/t15-,16-/m0/s1. The number of urea groups is 1. The second kappa shape index (κ2) is 5.81. The molecule has 2 fully saturated rings. The summed E-state index contributed by atoms with van der Waals surface area (Å²) in [7, 11) is -3.25. The molecule has 0 saturated carbocycles. The van der Waals surface area contributed by atoms with Gasteiger partial charge in [0, 0.05) is 15.8 Å². The molecule has 0 unspecified atom stereocenters. The zero-order chi connectivity index (χ0) is 17.8. The van der Waals surface area contributed by atoms with E-state index in [9.17, 15) is 17.6 Å². The summed E-state index contributed by atoms with van der Waals surface area (Å²) in [6.45, 7) is 0. The van der Waals surface area contributed by atoms with Gasteiger partial charge in [0.05, 0.1) is 23.6 Å². The van der Waals surface area contributed by atoms with E-state index in [1.54, 1.807) is 12.1 Å². The Bertz CT molecular complexity index is 862. The lowest BCUT2D eigenvalue weighted by Crippen LogP contribution is -2.37. The Morgan fingerprint density at radius 3 is 1.80 bits per heavy atom. The summed E-state index contributed by atoms with van der Waals surface area (Å²) in [6.07, 6.45) is 0. The molecular formula is C17H14BrFN2O3S. The molecule has 0 aliphatic carbocycles. The molecule has 2 aliphatic rings. The topological polar surface area (TPSA) is 57.7 Å². The molecule has 0 spiro atoms. The minimum Gasteiger partial charge on any atom is -0.288 e. The van der Waals surface area contributed by atoms with E-state index in [1.165, 1.54) is 34.1 Å². The van der Waals surface area contributed by atoms with Crippen molar-refractivity contribution in [1.82, 2.24) is 0 Å². The summed E-state index contributed by atoms with van der Waals surface area (Å²) in [5.74, 6) is -0.568. The van der Waals surface area contributed by atoms with Gasteiger partial charge in [-0.3, -0.25) is 9.80 Å². The third-order valence-corrected chi connectivity index (χ3v) is 6.81. The molecule has 2 aromatic carbocycles. The Morgan fingerprint density at radius 2 is 1.32 bits per heavy atom. The van der Waals surface area contributed by atoms with Crippen LogP contribution in [0.3, 0.4) is 0 Å². The van der Waals surface area contributed by atoms with Crippen molar-refractivity contribution in [3.63, 3.8) is 0 Å². The van der Waals surface area contributed by atoms with Crippen LogP contribution in [0.25, 0.3) is 0 Å². The largest absolute Gasteiger partial charge is 0.329 e. The highest BCUT2D eigenvalue weighted by Gasteiger charge is 2.54. The number of carbonyl (C=O) groups is 1. The highest BCUT2D eigenvalue weighted by molar-refractivity contribution is 9.10. The average molecular weight is 425 g/mol. The second-order valence-corrected chi connectivity index (χ2v) is 9.26. The van der Waals surface area contributed by atoms with Crippen molar-refractivity contribution in [3.05, 3.63) is 58.8 Å². The number of nitrogens with zero attached hydrogens (tertiary/aromatic N) is 2. The number of benzene rings is 2.